The highest BCUT2D eigenvalue weighted by molar-refractivity contribution is 7.22. The highest BCUT2D eigenvalue weighted by atomic mass is 32.1. The molecule has 1 aliphatic rings. The molecule has 1 aliphatic heterocycles. The second kappa shape index (κ2) is 12.9. The van der Waals surface area contributed by atoms with Crippen LogP contribution in [0, 0.1) is 5.92 Å². The van der Waals surface area contributed by atoms with E-state index in [1.807, 2.05) is 50.5 Å². The molecule has 1 aromatic carbocycles. The summed E-state index contributed by atoms with van der Waals surface area (Å²) in [4.78, 5) is 46.7. The van der Waals surface area contributed by atoms with Crippen LogP contribution in [0.4, 0.5) is 9.93 Å². The van der Waals surface area contributed by atoms with Gasteiger partial charge in [0.05, 0.1) is 29.1 Å². The van der Waals surface area contributed by atoms with E-state index in [0.29, 0.717) is 31.3 Å². The number of aromatic nitrogens is 4. The van der Waals surface area contributed by atoms with Crippen LogP contribution in [-0.2, 0) is 25.5 Å². The van der Waals surface area contributed by atoms with Crippen molar-refractivity contribution in [3.63, 3.8) is 0 Å². The van der Waals surface area contributed by atoms with Gasteiger partial charge < -0.3 is 14.8 Å². The van der Waals surface area contributed by atoms with Gasteiger partial charge in [-0.1, -0.05) is 17.4 Å². The number of carbonyl (C=O) groups is 1. The number of amides is 2. The maximum Gasteiger partial charge on any atom is 0.373 e. The summed E-state index contributed by atoms with van der Waals surface area (Å²) in [6, 6.07) is 9.58. The number of rotatable bonds is 6. The summed E-state index contributed by atoms with van der Waals surface area (Å²) < 4.78 is 12.1. The van der Waals surface area contributed by atoms with Gasteiger partial charge in [-0.05, 0) is 43.7 Å². The van der Waals surface area contributed by atoms with E-state index in [9.17, 15) is 4.79 Å². The molecule has 11 nitrogen and oxygen atoms in total. The van der Waals surface area contributed by atoms with E-state index in [1.165, 1.54) is 11.3 Å². The molecular weight excluding hydrogens is 508 g/mol. The topological polar surface area (TPSA) is 145 Å². The first-order chi connectivity index (χ1) is 18.5. The summed E-state index contributed by atoms with van der Waals surface area (Å²) >= 11 is 1.42. The fourth-order valence-corrected chi connectivity index (χ4v) is 4.86. The van der Waals surface area contributed by atoms with Crippen molar-refractivity contribution >= 4 is 38.9 Å². The van der Waals surface area contributed by atoms with Crippen LogP contribution in [0.15, 0.2) is 48.9 Å². The van der Waals surface area contributed by atoms with Gasteiger partial charge in [0.15, 0.2) is 11.4 Å². The lowest BCUT2D eigenvalue weighted by atomic mass is 10.0. The molecule has 2 N–H and O–H groups in total. The Kier molecular flexibility index (Phi) is 9.17. The van der Waals surface area contributed by atoms with Gasteiger partial charge in [0.25, 0.3) is 0 Å². The van der Waals surface area contributed by atoms with Crippen LogP contribution in [0.3, 0.4) is 0 Å². The predicted molar refractivity (Wildman–Crippen MR) is 140 cm³/mol. The Morgan fingerprint density at radius 2 is 1.84 bits per heavy atom. The molecule has 1 saturated heterocycles. The Labute approximate surface area is 222 Å². The number of anilines is 1. The lowest BCUT2D eigenvalue weighted by Crippen LogP contribution is -2.31. The van der Waals surface area contributed by atoms with E-state index in [4.69, 9.17) is 19.1 Å². The van der Waals surface area contributed by atoms with Gasteiger partial charge in [0, 0.05) is 48.6 Å². The summed E-state index contributed by atoms with van der Waals surface area (Å²) in [6.45, 7) is 5.60. The average molecular weight is 535 g/mol. The number of pyridine rings is 1. The van der Waals surface area contributed by atoms with Crippen LogP contribution in [-0.4, -0.2) is 58.2 Å². The van der Waals surface area contributed by atoms with Crippen LogP contribution in [0.1, 0.15) is 19.7 Å². The zero-order chi connectivity index (χ0) is 26.9. The Balaban J connectivity index is 0.00000107. The van der Waals surface area contributed by atoms with Crippen LogP contribution < -0.4 is 10.6 Å². The summed E-state index contributed by atoms with van der Waals surface area (Å²) in [5.41, 5.74) is 4.35. The van der Waals surface area contributed by atoms with Gasteiger partial charge in [-0.2, -0.15) is 9.59 Å². The Hall–Kier alpha value is -4.09. The number of hydrogen-bond acceptors (Lipinski definition) is 10. The second-order valence-electron chi connectivity index (χ2n) is 8.37. The van der Waals surface area contributed by atoms with E-state index < -0.39 is 0 Å². The van der Waals surface area contributed by atoms with Crippen molar-refractivity contribution in [3.05, 3.63) is 54.7 Å². The predicted octanol–water partition coefficient (Wildman–Crippen LogP) is 3.92. The number of carbonyl (C=O) groups excluding carboxylic acids is 3. The maximum atomic E-state index is 12.0. The zero-order valence-corrected chi connectivity index (χ0v) is 21.7. The van der Waals surface area contributed by atoms with E-state index in [2.05, 4.69) is 36.6 Å². The molecule has 4 heterocycles. The fraction of sp³-hybridized carbons (Fsp3) is 0.308. The van der Waals surface area contributed by atoms with Crippen LogP contribution in [0.5, 0.6) is 0 Å². The molecule has 0 bridgehead atoms. The minimum atomic E-state index is -0.279. The minimum absolute atomic E-state index is 0.153. The molecule has 2 amide bonds. The molecule has 0 radical (unpaired) electrons. The third-order valence-corrected chi connectivity index (χ3v) is 6.65. The highest BCUT2D eigenvalue weighted by Crippen LogP contribution is 2.38. The van der Waals surface area contributed by atoms with E-state index in [1.54, 1.807) is 6.20 Å². The first-order valence-corrected chi connectivity index (χ1v) is 12.8. The molecular formula is C26H26N6O5S. The molecule has 0 atom stereocenters. The number of benzene rings is 1. The van der Waals surface area contributed by atoms with Crippen LogP contribution in [0.2, 0.25) is 0 Å². The zero-order valence-electron chi connectivity index (χ0n) is 20.8. The van der Waals surface area contributed by atoms with E-state index in [0.717, 1.165) is 38.4 Å². The maximum absolute atomic E-state index is 12.0. The number of fused-ring (bicyclic) bond motifs is 1. The molecule has 5 rings (SSSR count). The fourth-order valence-electron chi connectivity index (χ4n) is 3.89. The molecule has 196 valence electrons. The van der Waals surface area contributed by atoms with Crippen molar-refractivity contribution < 1.29 is 23.9 Å². The molecule has 3 aromatic heterocycles. The number of ether oxygens (including phenoxy) is 2. The SMILES string of the molecule is CCNC(=O)Nc1nc2cc(-c3cnc(CC4COC(C)OC4)nc3)cc(-c3ccccn3)c2s1.O=C=O. The minimum Gasteiger partial charge on any atom is -0.353 e. The van der Waals surface area contributed by atoms with Crippen molar-refractivity contribution in [1.82, 2.24) is 25.3 Å². The number of urea groups is 1. The van der Waals surface area contributed by atoms with Gasteiger partial charge in [-0.3, -0.25) is 10.3 Å². The standard InChI is InChI=1S/C25H26N6O3S.CO2/c1-3-26-24(32)31-25-30-21-10-17(9-19(23(21)35-25)20-6-4-5-7-27-20)18-11-28-22(29-12-18)8-16-13-33-15(2)34-14-16;2-1-3/h4-7,9-12,15-16H,3,8,13-14H2,1-2H3,(H2,26,30,31,32);. The quantitative estimate of drug-likeness (QED) is 0.376. The van der Waals surface area contributed by atoms with Crippen molar-refractivity contribution in [2.75, 3.05) is 25.1 Å². The third-order valence-electron chi connectivity index (χ3n) is 5.63. The Bertz CT molecular complexity index is 1400. The van der Waals surface area contributed by atoms with Gasteiger partial charge in [0.1, 0.15) is 5.82 Å². The van der Waals surface area contributed by atoms with Crippen LogP contribution in [0.25, 0.3) is 32.6 Å². The van der Waals surface area contributed by atoms with Gasteiger partial charge in [0.2, 0.25) is 0 Å². The number of thiazole rings is 1. The van der Waals surface area contributed by atoms with Gasteiger partial charge >= 0.3 is 12.2 Å². The Morgan fingerprint density at radius 1 is 1.11 bits per heavy atom. The van der Waals surface area contributed by atoms with Crippen molar-refractivity contribution in [2.24, 2.45) is 5.92 Å². The summed E-state index contributed by atoms with van der Waals surface area (Å²) in [5, 5.41) is 6.07. The summed E-state index contributed by atoms with van der Waals surface area (Å²) in [7, 11) is 0. The van der Waals surface area contributed by atoms with E-state index >= 15 is 0 Å². The van der Waals surface area contributed by atoms with Gasteiger partial charge in [-0.25, -0.2) is 19.7 Å². The normalized spacial score (nSPS) is 16.7. The molecule has 0 saturated carbocycles. The van der Waals surface area contributed by atoms with Gasteiger partial charge in [-0.15, -0.1) is 0 Å². The monoisotopic (exact) mass is 534 g/mol. The lowest BCUT2D eigenvalue weighted by Gasteiger charge is -2.26. The third kappa shape index (κ3) is 6.81. The molecule has 0 spiro atoms. The first kappa shape index (κ1) is 27.0. The Morgan fingerprint density at radius 3 is 2.50 bits per heavy atom. The number of nitrogens with one attached hydrogen (secondary N) is 2. The number of hydrogen-bond donors (Lipinski definition) is 2. The smallest absolute Gasteiger partial charge is 0.353 e. The van der Waals surface area contributed by atoms with Crippen molar-refractivity contribution in [2.45, 2.75) is 26.6 Å². The molecule has 4 aromatic rings. The largest absolute Gasteiger partial charge is 0.373 e. The molecule has 1 fully saturated rings. The highest BCUT2D eigenvalue weighted by Gasteiger charge is 2.21. The van der Waals surface area contributed by atoms with Crippen molar-refractivity contribution in [1.29, 1.82) is 0 Å². The summed E-state index contributed by atoms with van der Waals surface area (Å²) in [5.74, 6) is 1.00. The molecule has 38 heavy (non-hydrogen) atoms. The molecule has 0 unspecified atom stereocenters. The molecule has 12 heteroatoms. The second-order valence-corrected chi connectivity index (χ2v) is 9.37. The van der Waals surface area contributed by atoms with E-state index in [-0.39, 0.29) is 24.4 Å². The first-order valence-electron chi connectivity index (χ1n) is 11.9. The summed E-state index contributed by atoms with van der Waals surface area (Å²) in [6.07, 6.45) is 6.23. The molecule has 0 aliphatic carbocycles. The van der Waals surface area contributed by atoms with Crippen LogP contribution >= 0.6 is 11.3 Å². The lowest BCUT2D eigenvalue weighted by molar-refractivity contribution is -0.192. The average Bonchev–Trinajstić information content (AvgIpc) is 3.33. The van der Waals surface area contributed by atoms with Crippen molar-refractivity contribution in [3.8, 4) is 22.4 Å². The number of nitrogens with zero attached hydrogens (tertiary/aromatic N) is 4.